The highest BCUT2D eigenvalue weighted by molar-refractivity contribution is 7.14. The third kappa shape index (κ3) is 3.70. The Bertz CT molecular complexity index is 372. The van der Waals surface area contributed by atoms with Crippen molar-refractivity contribution in [1.82, 2.24) is 5.32 Å². The zero-order chi connectivity index (χ0) is 12.5. The van der Waals surface area contributed by atoms with Crippen molar-refractivity contribution in [3.8, 4) is 0 Å². The molecule has 0 aliphatic heterocycles. The van der Waals surface area contributed by atoms with Crippen molar-refractivity contribution in [2.75, 3.05) is 0 Å². The average molecular weight is 272 g/mol. The Labute approximate surface area is 114 Å². The Morgan fingerprint density at radius 1 is 1.53 bits per heavy atom. The van der Waals surface area contributed by atoms with Gasteiger partial charge in [0.1, 0.15) is 0 Å². The molecule has 1 heterocycles. The summed E-state index contributed by atoms with van der Waals surface area (Å²) < 4.78 is 0.887. The number of nitrogens with one attached hydrogen (secondary N) is 1. The molecule has 0 saturated heterocycles. The summed E-state index contributed by atoms with van der Waals surface area (Å²) in [7, 11) is 0. The maximum atomic E-state index is 5.98. The quantitative estimate of drug-likeness (QED) is 0.814. The Morgan fingerprint density at radius 2 is 2.29 bits per heavy atom. The summed E-state index contributed by atoms with van der Waals surface area (Å²) in [6.45, 7) is 7.00. The molecule has 1 aromatic rings. The summed E-state index contributed by atoms with van der Waals surface area (Å²) >= 11 is 7.60. The van der Waals surface area contributed by atoms with Crippen LogP contribution in [0.1, 0.15) is 58.1 Å². The highest BCUT2D eigenvalue weighted by atomic mass is 35.5. The third-order valence-corrected chi connectivity index (χ3v) is 4.89. The summed E-state index contributed by atoms with van der Waals surface area (Å²) in [6.07, 6.45) is 5.31. The molecule has 1 nitrogen and oxygen atoms in total. The van der Waals surface area contributed by atoms with Crippen LogP contribution in [0.3, 0.4) is 0 Å². The Balaban J connectivity index is 1.92. The average Bonchev–Trinajstić information content (AvgIpc) is 2.63. The van der Waals surface area contributed by atoms with Gasteiger partial charge in [0.2, 0.25) is 0 Å². The van der Waals surface area contributed by atoms with Crippen molar-refractivity contribution in [3.63, 3.8) is 0 Å². The largest absolute Gasteiger partial charge is 0.307 e. The van der Waals surface area contributed by atoms with E-state index in [2.05, 4.69) is 37.5 Å². The van der Waals surface area contributed by atoms with E-state index in [1.807, 2.05) is 0 Å². The van der Waals surface area contributed by atoms with Gasteiger partial charge in [-0.05, 0) is 48.6 Å². The van der Waals surface area contributed by atoms with Gasteiger partial charge in [0.15, 0.2) is 0 Å². The first-order valence-corrected chi connectivity index (χ1v) is 7.72. The van der Waals surface area contributed by atoms with Crippen molar-refractivity contribution in [2.45, 2.75) is 58.5 Å². The van der Waals surface area contributed by atoms with Crippen LogP contribution in [0.15, 0.2) is 11.4 Å². The van der Waals surface area contributed by atoms with Gasteiger partial charge in [-0.1, -0.05) is 31.9 Å². The molecular formula is C14H22ClNS. The van der Waals surface area contributed by atoms with Crippen LogP contribution < -0.4 is 5.32 Å². The minimum atomic E-state index is 0.414. The molecule has 1 aliphatic carbocycles. The van der Waals surface area contributed by atoms with E-state index in [0.717, 1.165) is 4.34 Å². The molecule has 1 aromatic heterocycles. The molecule has 0 amide bonds. The van der Waals surface area contributed by atoms with Gasteiger partial charge in [-0.2, -0.15) is 0 Å². The van der Waals surface area contributed by atoms with Crippen molar-refractivity contribution in [2.24, 2.45) is 5.41 Å². The zero-order valence-corrected chi connectivity index (χ0v) is 12.5. The van der Waals surface area contributed by atoms with Crippen LogP contribution in [0, 0.1) is 5.41 Å². The molecule has 1 saturated carbocycles. The van der Waals surface area contributed by atoms with Crippen LogP contribution in [0.5, 0.6) is 0 Å². The number of thiophene rings is 1. The van der Waals surface area contributed by atoms with Gasteiger partial charge < -0.3 is 5.32 Å². The molecule has 17 heavy (non-hydrogen) atoms. The molecule has 1 aliphatic rings. The van der Waals surface area contributed by atoms with Crippen LogP contribution in [0.2, 0.25) is 4.34 Å². The summed E-state index contributed by atoms with van der Waals surface area (Å²) in [5.41, 5.74) is 1.82. The van der Waals surface area contributed by atoms with Gasteiger partial charge >= 0.3 is 0 Å². The lowest BCUT2D eigenvalue weighted by molar-refractivity contribution is 0.191. The molecule has 0 bridgehead atoms. The van der Waals surface area contributed by atoms with Gasteiger partial charge in [0, 0.05) is 12.1 Å². The lowest BCUT2D eigenvalue weighted by Crippen LogP contribution is -2.38. The Kier molecular flexibility index (Phi) is 4.17. The van der Waals surface area contributed by atoms with Crippen LogP contribution >= 0.6 is 22.9 Å². The van der Waals surface area contributed by atoms with Gasteiger partial charge in [0.25, 0.3) is 0 Å². The van der Waals surface area contributed by atoms with E-state index in [9.17, 15) is 0 Å². The first-order valence-electron chi connectivity index (χ1n) is 6.46. The highest BCUT2D eigenvalue weighted by Gasteiger charge is 2.28. The summed E-state index contributed by atoms with van der Waals surface area (Å²) in [5, 5.41) is 5.91. The molecule has 0 radical (unpaired) electrons. The fourth-order valence-electron chi connectivity index (χ4n) is 2.84. The fourth-order valence-corrected chi connectivity index (χ4v) is 3.83. The molecule has 2 rings (SSSR count). The SMILES string of the molecule is CC(NC1CCCC(C)(C)C1)c1csc(Cl)c1. The molecule has 2 atom stereocenters. The summed E-state index contributed by atoms with van der Waals surface area (Å²) in [5.74, 6) is 0. The van der Waals surface area contributed by atoms with Crippen LogP contribution in [0.4, 0.5) is 0 Å². The van der Waals surface area contributed by atoms with Gasteiger partial charge in [-0.25, -0.2) is 0 Å². The second-order valence-corrected chi connectivity index (χ2v) is 7.57. The molecule has 1 N–H and O–H groups in total. The van der Waals surface area contributed by atoms with Crippen LogP contribution in [-0.2, 0) is 0 Å². The van der Waals surface area contributed by atoms with Crippen molar-refractivity contribution >= 4 is 22.9 Å². The zero-order valence-electron chi connectivity index (χ0n) is 10.9. The second kappa shape index (κ2) is 5.29. The molecule has 1 fully saturated rings. The first-order chi connectivity index (χ1) is 7.96. The molecule has 3 heteroatoms. The van der Waals surface area contributed by atoms with E-state index in [-0.39, 0.29) is 0 Å². The number of hydrogen-bond donors (Lipinski definition) is 1. The van der Waals surface area contributed by atoms with Gasteiger partial charge in [-0.3, -0.25) is 0 Å². The van der Waals surface area contributed by atoms with E-state index in [0.29, 0.717) is 17.5 Å². The van der Waals surface area contributed by atoms with E-state index in [1.54, 1.807) is 11.3 Å². The number of hydrogen-bond acceptors (Lipinski definition) is 2. The molecule has 96 valence electrons. The lowest BCUT2D eigenvalue weighted by atomic mass is 9.75. The van der Waals surface area contributed by atoms with Gasteiger partial charge in [0.05, 0.1) is 4.34 Å². The standard InChI is InChI=1S/C14H22ClNS/c1-10(11-7-13(15)17-9-11)16-12-5-4-6-14(2,3)8-12/h7,9-10,12,16H,4-6,8H2,1-3H3. The highest BCUT2D eigenvalue weighted by Crippen LogP contribution is 2.36. The minimum Gasteiger partial charge on any atom is -0.307 e. The lowest BCUT2D eigenvalue weighted by Gasteiger charge is -2.37. The molecule has 0 aromatic carbocycles. The molecule has 2 unspecified atom stereocenters. The van der Waals surface area contributed by atoms with E-state index >= 15 is 0 Å². The van der Waals surface area contributed by atoms with Gasteiger partial charge in [-0.15, -0.1) is 11.3 Å². The number of halogens is 1. The van der Waals surface area contributed by atoms with Crippen LogP contribution in [0.25, 0.3) is 0 Å². The fraction of sp³-hybridized carbons (Fsp3) is 0.714. The minimum absolute atomic E-state index is 0.414. The van der Waals surface area contributed by atoms with Crippen molar-refractivity contribution in [1.29, 1.82) is 0 Å². The summed E-state index contributed by atoms with van der Waals surface area (Å²) in [4.78, 5) is 0. The predicted octanol–water partition coefficient (Wildman–Crippen LogP) is 5.02. The normalized spacial score (nSPS) is 25.8. The first kappa shape index (κ1) is 13.4. The Morgan fingerprint density at radius 3 is 2.88 bits per heavy atom. The van der Waals surface area contributed by atoms with Crippen molar-refractivity contribution in [3.05, 3.63) is 21.3 Å². The smallest absolute Gasteiger partial charge is 0.0931 e. The molecule has 0 spiro atoms. The van der Waals surface area contributed by atoms with Crippen molar-refractivity contribution < 1.29 is 0 Å². The van der Waals surface area contributed by atoms with Crippen LogP contribution in [-0.4, -0.2) is 6.04 Å². The third-order valence-electron chi connectivity index (χ3n) is 3.78. The monoisotopic (exact) mass is 271 g/mol. The second-order valence-electron chi connectivity index (χ2n) is 6.03. The maximum Gasteiger partial charge on any atom is 0.0931 e. The predicted molar refractivity (Wildman–Crippen MR) is 76.9 cm³/mol. The van der Waals surface area contributed by atoms with E-state index < -0.39 is 0 Å². The molecular weight excluding hydrogens is 250 g/mol. The summed E-state index contributed by atoms with van der Waals surface area (Å²) in [6, 6.07) is 3.16. The van der Waals surface area contributed by atoms with E-state index in [4.69, 9.17) is 11.6 Å². The maximum absolute atomic E-state index is 5.98. The van der Waals surface area contributed by atoms with E-state index in [1.165, 1.54) is 31.2 Å². The number of rotatable bonds is 3. The topological polar surface area (TPSA) is 12.0 Å². The Hall–Kier alpha value is -0.0500.